The molecule has 0 fully saturated rings. The van der Waals surface area contributed by atoms with Gasteiger partial charge in [0.2, 0.25) is 4.77 Å². The van der Waals surface area contributed by atoms with Crippen molar-refractivity contribution in [2.75, 3.05) is 0 Å². The number of non-ortho nitro benzene ring substituents is 1. The van der Waals surface area contributed by atoms with E-state index in [1.165, 1.54) is 23.0 Å². The first-order valence-corrected chi connectivity index (χ1v) is 7.40. The maximum atomic E-state index is 10.8. The highest BCUT2D eigenvalue weighted by Crippen LogP contribution is 2.28. The van der Waals surface area contributed by atoms with E-state index in [0.717, 1.165) is 11.1 Å². The second-order valence-corrected chi connectivity index (χ2v) is 5.48. The molecule has 0 aliphatic rings. The Morgan fingerprint density at radius 3 is 2.79 bits per heavy atom. The van der Waals surface area contributed by atoms with Crippen molar-refractivity contribution in [3.05, 3.63) is 62.4 Å². The first-order valence-electron chi connectivity index (χ1n) is 6.99. The molecule has 9 heteroatoms. The summed E-state index contributed by atoms with van der Waals surface area (Å²) in [6.45, 7) is 3.57. The molecular formula is C15H13N5O3S. The Bertz CT molecular complexity index is 999. The number of aryl methyl sites for hydroxylation is 2. The zero-order valence-corrected chi connectivity index (χ0v) is 13.7. The molecule has 122 valence electrons. The standard InChI is InChI=1S/C15H13N5O3S/c1-9-7-11(20(21)22)3-5-13(9)14-6-4-12(23-14)8-16-19-10(2)17-18-15(19)24/h3-8H,1-2H3,(H,18,24)/b16-8-. The number of aromatic amines is 1. The van der Waals surface area contributed by atoms with Crippen molar-refractivity contribution in [1.82, 2.24) is 14.9 Å². The van der Waals surface area contributed by atoms with Gasteiger partial charge in [0.15, 0.2) is 0 Å². The molecule has 24 heavy (non-hydrogen) atoms. The van der Waals surface area contributed by atoms with Crippen LogP contribution in [0.3, 0.4) is 0 Å². The average Bonchev–Trinajstić information content (AvgIpc) is 3.13. The molecule has 0 amide bonds. The fourth-order valence-corrected chi connectivity index (χ4v) is 2.45. The third-order valence-electron chi connectivity index (χ3n) is 3.43. The van der Waals surface area contributed by atoms with Crippen molar-refractivity contribution in [2.24, 2.45) is 5.10 Å². The monoisotopic (exact) mass is 343 g/mol. The Kier molecular flexibility index (Phi) is 4.09. The molecule has 0 saturated carbocycles. The van der Waals surface area contributed by atoms with E-state index >= 15 is 0 Å². The average molecular weight is 343 g/mol. The molecule has 3 aromatic rings. The number of hydrogen-bond acceptors (Lipinski definition) is 6. The molecule has 0 spiro atoms. The number of benzene rings is 1. The van der Waals surface area contributed by atoms with Gasteiger partial charge < -0.3 is 4.42 Å². The van der Waals surface area contributed by atoms with Gasteiger partial charge in [0.1, 0.15) is 17.3 Å². The van der Waals surface area contributed by atoms with Crippen molar-refractivity contribution < 1.29 is 9.34 Å². The van der Waals surface area contributed by atoms with Gasteiger partial charge >= 0.3 is 0 Å². The molecule has 0 saturated heterocycles. The highest BCUT2D eigenvalue weighted by Gasteiger charge is 2.12. The number of nitro benzene ring substituents is 1. The molecule has 0 bridgehead atoms. The lowest BCUT2D eigenvalue weighted by Gasteiger charge is -2.02. The second-order valence-electron chi connectivity index (χ2n) is 5.09. The third-order valence-corrected chi connectivity index (χ3v) is 3.69. The summed E-state index contributed by atoms with van der Waals surface area (Å²) in [4.78, 5) is 10.4. The summed E-state index contributed by atoms with van der Waals surface area (Å²) in [6, 6.07) is 8.19. The maximum absolute atomic E-state index is 10.8. The minimum absolute atomic E-state index is 0.0504. The Labute approximate surface area is 141 Å². The van der Waals surface area contributed by atoms with Gasteiger partial charge in [-0.1, -0.05) is 0 Å². The molecular weight excluding hydrogens is 330 g/mol. The number of rotatable bonds is 4. The number of nitrogens with zero attached hydrogens (tertiary/aromatic N) is 4. The first-order chi connectivity index (χ1) is 11.5. The lowest BCUT2D eigenvalue weighted by atomic mass is 10.1. The Balaban J connectivity index is 1.89. The van der Waals surface area contributed by atoms with Gasteiger partial charge in [0.05, 0.1) is 11.1 Å². The number of nitro groups is 1. The minimum atomic E-state index is -0.423. The van der Waals surface area contributed by atoms with Crippen LogP contribution in [-0.2, 0) is 0 Å². The third kappa shape index (κ3) is 3.01. The summed E-state index contributed by atoms with van der Waals surface area (Å²) in [5, 5.41) is 21.6. The summed E-state index contributed by atoms with van der Waals surface area (Å²) in [6.07, 6.45) is 1.53. The minimum Gasteiger partial charge on any atom is -0.455 e. The van der Waals surface area contributed by atoms with Crippen molar-refractivity contribution in [2.45, 2.75) is 13.8 Å². The van der Waals surface area contributed by atoms with E-state index in [0.29, 0.717) is 22.1 Å². The molecule has 8 nitrogen and oxygen atoms in total. The predicted molar refractivity (Wildman–Crippen MR) is 90.7 cm³/mol. The van der Waals surface area contributed by atoms with Crippen LogP contribution in [0.15, 0.2) is 39.9 Å². The van der Waals surface area contributed by atoms with Crippen molar-refractivity contribution in [1.29, 1.82) is 0 Å². The number of furan rings is 1. The van der Waals surface area contributed by atoms with Crippen LogP contribution in [0.5, 0.6) is 0 Å². The summed E-state index contributed by atoms with van der Waals surface area (Å²) in [5.74, 6) is 1.77. The number of H-pyrrole nitrogens is 1. The van der Waals surface area contributed by atoms with E-state index in [4.69, 9.17) is 16.6 Å². The van der Waals surface area contributed by atoms with E-state index in [-0.39, 0.29) is 5.69 Å². The van der Waals surface area contributed by atoms with E-state index in [1.54, 1.807) is 32.0 Å². The van der Waals surface area contributed by atoms with Gasteiger partial charge in [-0.3, -0.25) is 15.2 Å². The van der Waals surface area contributed by atoms with E-state index in [9.17, 15) is 10.1 Å². The number of hydrogen-bond donors (Lipinski definition) is 1. The molecule has 1 N–H and O–H groups in total. The zero-order chi connectivity index (χ0) is 17.3. The van der Waals surface area contributed by atoms with Gasteiger partial charge in [0, 0.05) is 17.7 Å². The molecule has 0 unspecified atom stereocenters. The van der Waals surface area contributed by atoms with Crippen LogP contribution in [0, 0.1) is 28.7 Å². The van der Waals surface area contributed by atoms with Crippen molar-refractivity contribution in [3.63, 3.8) is 0 Å². The lowest BCUT2D eigenvalue weighted by Crippen LogP contribution is -1.93. The summed E-state index contributed by atoms with van der Waals surface area (Å²) in [5.41, 5.74) is 1.60. The van der Waals surface area contributed by atoms with E-state index in [2.05, 4.69) is 15.3 Å². The largest absolute Gasteiger partial charge is 0.455 e. The van der Waals surface area contributed by atoms with Gasteiger partial charge in [-0.15, -0.1) is 0 Å². The number of nitrogens with one attached hydrogen (secondary N) is 1. The molecule has 0 atom stereocenters. The van der Waals surface area contributed by atoms with Gasteiger partial charge in [-0.05, 0) is 49.8 Å². The fraction of sp³-hybridized carbons (Fsp3) is 0.133. The lowest BCUT2D eigenvalue weighted by molar-refractivity contribution is -0.384. The summed E-state index contributed by atoms with van der Waals surface area (Å²) < 4.78 is 7.60. The van der Waals surface area contributed by atoms with E-state index < -0.39 is 4.92 Å². The molecule has 2 heterocycles. The number of aromatic nitrogens is 3. The molecule has 2 aromatic heterocycles. The van der Waals surface area contributed by atoms with Crippen molar-refractivity contribution in [3.8, 4) is 11.3 Å². The van der Waals surface area contributed by atoms with Crippen LogP contribution >= 0.6 is 12.2 Å². The highest BCUT2D eigenvalue weighted by molar-refractivity contribution is 7.71. The fourth-order valence-electron chi connectivity index (χ4n) is 2.23. The predicted octanol–water partition coefficient (Wildman–Crippen LogP) is 3.61. The quantitative estimate of drug-likeness (QED) is 0.337. The molecule has 0 aliphatic carbocycles. The smallest absolute Gasteiger partial charge is 0.269 e. The molecule has 1 aromatic carbocycles. The zero-order valence-electron chi connectivity index (χ0n) is 12.9. The van der Waals surface area contributed by atoms with Crippen LogP contribution in [0.1, 0.15) is 17.1 Å². The molecule has 0 aliphatic heterocycles. The Morgan fingerprint density at radius 1 is 1.38 bits per heavy atom. The van der Waals surface area contributed by atoms with Crippen LogP contribution in [0.25, 0.3) is 11.3 Å². The van der Waals surface area contributed by atoms with Crippen molar-refractivity contribution >= 4 is 24.1 Å². The Hall–Kier alpha value is -3.07. The van der Waals surface area contributed by atoms with Crippen LogP contribution in [0.4, 0.5) is 5.69 Å². The van der Waals surface area contributed by atoms with Gasteiger partial charge in [0.25, 0.3) is 5.69 Å². The maximum Gasteiger partial charge on any atom is 0.269 e. The SMILES string of the molecule is Cc1cc([N+](=O)[O-])ccc1-c1ccc(/C=N\n2c(C)n[nH]c2=S)o1. The second kappa shape index (κ2) is 6.20. The van der Waals surface area contributed by atoms with Crippen LogP contribution in [0.2, 0.25) is 0 Å². The molecule has 3 rings (SSSR count). The van der Waals surface area contributed by atoms with Gasteiger partial charge in [-0.25, -0.2) is 0 Å². The Morgan fingerprint density at radius 2 is 2.17 bits per heavy atom. The van der Waals surface area contributed by atoms with Gasteiger partial charge in [-0.2, -0.15) is 14.9 Å². The van der Waals surface area contributed by atoms with E-state index in [1.807, 2.05) is 0 Å². The van der Waals surface area contributed by atoms with Crippen LogP contribution < -0.4 is 0 Å². The highest BCUT2D eigenvalue weighted by atomic mass is 32.1. The van der Waals surface area contributed by atoms with Crippen LogP contribution in [-0.4, -0.2) is 26.0 Å². The molecule has 0 radical (unpaired) electrons. The topological polar surface area (TPSA) is 102 Å². The first kappa shape index (κ1) is 15.8. The normalized spacial score (nSPS) is 11.2. The summed E-state index contributed by atoms with van der Waals surface area (Å²) in [7, 11) is 0. The summed E-state index contributed by atoms with van der Waals surface area (Å²) >= 11 is 5.07.